The van der Waals surface area contributed by atoms with Crippen LogP contribution in [0.1, 0.15) is 12.5 Å². The van der Waals surface area contributed by atoms with Crippen LogP contribution in [-0.4, -0.2) is 35.7 Å². The number of amides is 1. The minimum atomic E-state index is -4.65. The van der Waals surface area contributed by atoms with Crippen LogP contribution in [0.5, 0.6) is 0 Å². The number of hydrogen-bond donors (Lipinski definition) is 1. The third-order valence-corrected chi connectivity index (χ3v) is 7.33. The van der Waals surface area contributed by atoms with Crippen molar-refractivity contribution in [3.8, 4) is 10.6 Å². The first-order valence-electron chi connectivity index (χ1n) is 10.4. The molecule has 0 spiro atoms. The first-order valence-corrected chi connectivity index (χ1v) is 12.6. The van der Waals surface area contributed by atoms with Gasteiger partial charge in [-0.05, 0) is 61.9 Å². The normalized spacial score (nSPS) is 12.3. The Kier molecular flexibility index (Phi) is 8.88. The zero-order valence-corrected chi connectivity index (χ0v) is 23.3. The number of carbonyl (C=O) groups is 2. The van der Waals surface area contributed by atoms with Gasteiger partial charge in [-0.15, -0.1) is 11.3 Å². The molecule has 3 aromatic carbocycles. The molecule has 0 aliphatic carbocycles. The number of anilines is 1. The quantitative estimate of drug-likeness (QED) is 0.167. The standard InChI is InChI=1S/C24H20N4O5S2.Na/c1-14-8-13-19-21(22(14)35(31,32)33)34-24(26-19)16-9-11-18(12-10-16)27-28-20(15(2)29)23(30)25-17-6-4-3-5-7-17;/h3-13,20H,1-2H3,(H,25,30)(H,31,32,33);/q;+1/p-1. The first kappa shape index (κ1) is 27.8. The number of carbonyl (C=O) groups excluding carboxylic acids is 2. The second kappa shape index (κ2) is 11.5. The van der Waals surface area contributed by atoms with Gasteiger partial charge in [0.1, 0.15) is 15.1 Å². The molecule has 1 amide bonds. The number of fused-ring (bicyclic) bond motifs is 1. The molecule has 1 aromatic heterocycles. The minimum absolute atomic E-state index is 0. The molecule has 0 bridgehead atoms. The van der Waals surface area contributed by atoms with Crippen LogP contribution < -0.4 is 34.9 Å². The number of nitrogens with one attached hydrogen (secondary N) is 1. The van der Waals surface area contributed by atoms with E-state index in [1.54, 1.807) is 67.6 Å². The smallest absolute Gasteiger partial charge is 0.744 e. The van der Waals surface area contributed by atoms with Crippen LogP contribution in [0.15, 0.2) is 81.9 Å². The van der Waals surface area contributed by atoms with Gasteiger partial charge >= 0.3 is 29.6 Å². The summed E-state index contributed by atoms with van der Waals surface area (Å²) < 4.78 is 35.5. The Hall–Kier alpha value is -2.80. The first-order chi connectivity index (χ1) is 16.6. The number of aryl methyl sites for hydroxylation is 1. The number of azo groups is 1. The van der Waals surface area contributed by atoms with Crippen molar-refractivity contribution in [3.63, 3.8) is 0 Å². The zero-order valence-electron chi connectivity index (χ0n) is 19.6. The molecule has 4 aromatic rings. The van der Waals surface area contributed by atoms with Crippen LogP contribution in [0.4, 0.5) is 11.4 Å². The van der Waals surface area contributed by atoms with Gasteiger partial charge in [-0.25, -0.2) is 13.4 Å². The summed E-state index contributed by atoms with van der Waals surface area (Å²) in [6.07, 6.45) is 0. The fourth-order valence-corrected chi connectivity index (χ4v) is 5.63. The van der Waals surface area contributed by atoms with E-state index in [1.807, 2.05) is 6.07 Å². The van der Waals surface area contributed by atoms with E-state index in [9.17, 15) is 22.6 Å². The molecule has 1 atom stereocenters. The van der Waals surface area contributed by atoms with Crippen molar-refractivity contribution in [1.29, 1.82) is 0 Å². The summed E-state index contributed by atoms with van der Waals surface area (Å²) in [6, 6.07) is 17.3. The van der Waals surface area contributed by atoms with E-state index < -0.39 is 27.9 Å². The van der Waals surface area contributed by atoms with Crippen molar-refractivity contribution < 1.29 is 52.1 Å². The van der Waals surface area contributed by atoms with E-state index in [2.05, 4.69) is 20.5 Å². The summed E-state index contributed by atoms with van der Waals surface area (Å²) in [5.41, 5.74) is 2.42. The fraction of sp³-hybridized carbons (Fsp3) is 0.125. The van der Waals surface area contributed by atoms with Crippen LogP contribution in [-0.2, 0) is 19.7 Å². The summed E-state index contributed by atoms with van der Waals surface area (Å²) in [5.74, 6) is -1.04. The minimum Gasteiger partial charge on any atom is -0.744 e. The molecule has 0 aliphatic rings. The van der Waals surface area contributed by atoms with Crippen molar-refractivity contribution in [1.82, 2.24) is 4.98 Å². The van der Waals surface area contributed by atoms with Crippen molar-refractivity contribution in [2.75, 3.05) is 5.32 Å². The van der Waals surface area contributed by atoms with Gasteiger partial charge in [-0.3, -0.25) is 9.59 Å². The van der Waals surface area contributed by atoms with Gasteiger partial charge in [0.15, 0.2) is 5.78 Å². The SMILES string of the molecule is CC(=O)C(N=Nc1ccc(-c2nc3ccc(C)c(S(=O)(=O)[O-])c3s2)cc1)C(=O)Nc1ccccc1.[Na+]. The predicted molar refractivity (Wildman–Crippen MR) is 132 cm³/mol. The van der Waals surface area contributed by atoms with Gasteiger partial charge in [0, 0.05) is 11.3 Å². The van der Waals surface area contributed by atoms with E-state index in [4.69, 9.17) is 0 Å². The van der Waals surface area contributed by atoms with E-state index >= 15 is 0 Å². The largest absolute Gasteiger partial charge is 1.00 e. The Labute approximate surface area is 233 Å². The monoisotopic (exact) mass is 530 g/mol. The number of ketones is 1. The third-order valence-electron chi connectivity index (χ3n) is 5.04. The van der Waals surface area contributed by atoms with Crippen molar-refractivity contribution >= 4 is 54.7 Å². The van der Waals surface area contributed by atoms with Gasteiger partial charge < -0.3 is 9.87 Å². The number of para-hydroxylation sites is 1. The number of aromatic nitrogens is 1. The van der Waals surface area contributed by atoms with E-state index in [0.717, 1.165) is 11.3 Å². The number of nitrogens with zero attached hydrogens (tertiary/aromatic N) is 3. The molecule has 178 valence electrons. The van der Waals surface area contributed by atoms with E-state index in [0.29, 0.717) is 37.7 Å². The Balaban J connectivity index is 0.00000361. The number of hydrogen-bond acceptors (Lipinski definition) is 9. The van der Waals surface area contributed by atoms with Crippen LogP contribution in [0, 0.1) is 6.92 Å². The molecule has 4 rings (SSSR count). The maximum absolute atomic E-state index is 12.5. The number of rotatable bonds is 7. The van der Waals surface area contributed by atoms with Gasteiger partial charge in [0.05, 0.1) is 20.8 Å². The summed E-state index contributed by atoms with van der Waals surface area (Å²) in [4.78, 5) is 28.6. The van der Waals surface area contributed by atoms with Crippen molar-refractivity contribution in [3.05, 3.63) is 72.3 Å². The molecule has 9 nitrogen and oxygen atoms in total. The molecule has 0 fully saturated rings. The van der Waals surface area contributed by atoms with Gasteiger partial charge in [0.2, 0.25) is 6.04 Å². The van der Waals surface area contributed by atoms with Gasteiger partial charge in [-0.1, -0.05) is 24.3 Å². The molecule has 0 radical (unpaired) electrons. The third kappa shape index (κ3) is 6.30. The fourth-order valence-electron chi connectivity index (χ4n) is 3.35. The molecule has 12 heteroatoms. The van der Waals surface area contributed by atoms with Crippen LogP contribution in [0.3, 0.4) is 0 Å². The van der Waals surface area contributed by atoms with Crippen molar-refractivity contribution in [2.24, 2.45) is 10.2 Å². The molecule has 1 N–H and O–H groups in total. The Morgan fingerprint density at radius 2 is 1.69 bits per heavy atom. The Morgan fingerprint density at radius 3 is 2.31 bits per heavy atom. The maximum atomic E-state index is 12.5. The van der Waals surface area contributed by atoms with Gasteiger partial charge in [-0.2, -0.15) is 10.2 Å². The second-order valence-corrected chi connectivity index (χ2v) is 9.98. The topological polar surface area (TPSA) is 141 Å². The molecule has 0 saturated heterocycles. The molecular formula is C24H19N4NaO5S2. The van der Waals surface area contributed by atoms with E-state index in [1.165, 1.54) is 6.92 Å². The molecule has 1 unspecified atom stereocenters. The summed E-state index contributed by atoms with van der Waals surface area (Å²) in [7, 11) is -4.65. The average molecular weight is 531 g/mol. The van der Waals surface area contributed by atoms with Crippen LogP contribution >= 0.6 is 11.3 Å². The molecular weight excluding hydrogens is 511 g/mol. The molecule has 36 heavy (non-hydrogen) atoms. The number of thiazole rings is 1. The van der Waals surface area contributed by atoms with Gasteiger partial charge in [0.25, 0.3) is 5.91 Å². The molecule has 0 aliphatic heterocycles. The summed E-state index contributed by atoms with van der Waals surface area (Å²) >= 11 is 1.11. The number of Topliss-reactive ketones (excluding diaryl/α,β-unsaturated/α-hetero) is 1. The maximum Gasteiger partial charge on any atom is 1.00 e. The van der Waals surface area contributed by atoms with Crippen LogP contribution in [0.25, 0.3) is 20.8 Å². The summed E-state index contributed by atoms with van der Waals surface area (Å²) in [6.45, 7) is 2.83. The average Bonchev–Trinajstić information content (AvgIpc) is 3.23. The molecule has 1 heterocycles. The number of benzene rings is 3. The van der Waals surface area contributed by atoms with E-state index in [-0.39, 0.29) is 34.5 Å². The zero-order chi connectivity index (χ0) is 25.2. The second-order valence-electron chi connectivity index (χ2n) is 7.66. The predicted octanol–water partition coefficient (Wildman–Crippen LogP) is 1.86. The Bertz CT molecular complexity index is 1550. The van der Waals surface area contributed by atoms with Crippen molar-refractivity contribution in [2.45, 2.75) is 24.8 Å². The molecule has 0 saturated carbocycles. The van der Waals surface area contributed by atoms with Crippen LogP contribution in [0.2, 0.25) is 0 Å². The summed E-state index contributed by atoms with van der Waals surface area (Å²) in [5, 5.41) is 11.1. The Morgan fingerprint density at radius 1 is 1.03 bits per heavy atom.